The van der Waals surface area contributed by atoms with E-state index in [4.69, 9.17) is 10.00 Å². The first-order valence-electron chi connectivity index (χ1n) is 9.59. The number of amides is 2. The molecule has 0 saturated heterocycles. The summed E-state index contributed by atoms with van der Waals surface area (Å²) in [6.07, 6.45) is 0. The van der Waals surface area contributed by atoms with Crippen molar-refractivity contribution in [3.63, 3.8) is 0 Å². The van der Waals surface area contributed by atoms with Crippen molar-refractivity contribution in [1.82, 2.24) is 10.6 Å². The van der Waals surface area contributed by atoms with Crippen LogP contribution in [0, 0.1) is 23.1 Å². The quantitative estimate of drug-likeness (QED) is 0.520. The van der Waals surface area contributed by atoms with Crippen LogP contribution >= 0.6 is 0 Å². The molecule has 1 atom stereocenters. The van der Waals surface area contributed by atoms with Crippen molar-refractivity contribution in [3.8, 4) is 11.8 Å². The Morgan fingerprint density at radius 1 is 1.10 bits per heavy atom. The number of hydrogen-bond acceptors (Lipinski definition) is 5. The fourth-order valence-corrected chi connectivity index (χ4v) is 2.69. The predicted molar refractivity (Wildman–Crippen MR) is 111 cm³/mol. The summed E-state index contributed by atoms with van der Waals surface area (Å²) in [5.41, 5.74) is 0.285. The highest BCUT2D eigenvalue weighted by Gasteiger charge is 2.24. The summed E-state index contributed by atoms with van der Waals surface area (Å²) in [4.78, 5) is 24.6. The molecule has 0 radical (unpaired) electrons. The van der Waals surface area contributed by atoms with Crippen LogP contribution in [0.1, 0.15) is 19.4 Å². The molecule has 2 rings (SSSR count). The minimum atomic E-state index is -0.722. The van der Waals surface area contributed by atoms with Crippen LogP contribution in [0.15, 0.2) is 48.5 Å². The van der Waals surface area contributed by atoms with Crippen LogP contribution < -0.4 is 20.7 Å². The van der Waals surface area contributed by atoms with Gasteiger partial charge >= 0.3 is 0 Å². The molecule has 3 N–H and O–H groups in total. The Morgan fingerprint density at radius 3 is 2.50 bits per heavy atom. The van der Waals surface area contributed by atoms with E-state index in [1.165, 1.54) is 12.1 Å². The summed E-state index contributed by atoms with van der Waals surface area (Å²) in [7, 11) is 0. The lowest BCUT2D eigenvalue weighted by molar-refractivity contribution is -0.131. The minimum Gasteiger partial charge on any atom is -0.484 e. The molecule has 0 aliphatic carbocycles. The molecule has 30 heavy (non-hydrogen) atoms. The molecular weight excluding hydrogens is 387 g/mol. The maximum absolute atomic E-state index is 13.6. The zero-order chi connectivity index (χ0) is 21.9. The Labute approximate surface area is 175 Å². The van der Waals surface area contributed by atoms with Gasteiger partial charge in [-0.15, -0.1) is 0 Å². The molecule has 0 aliphatic heterocycles. The van der Waals surface area contributed by atoms with E-state index in [0.717, 1.165) is 0 Å². The van der Waals surface area contributed by atoms with Crippen molar-refractivity contribution in [1.29, 1.82) is 5.26 Å². The lowest BCUT2D eigenvalue weighted by atomic mass is 10.0. The van der Waals surface area contributed by atoms with E-state index in [1.54, 1.807) is 30.3 Å². The molecule has 2 aromatic rings. The highest BCUT2D eigenvalue weighted by atomic mass is 19.1. The Kier molecular flexibility index (Phi) is 8.63. The highest BCUT2D eigenvalue weighted by molar-refractivity contribution is 5.88. The smallest absolute Gasteiger partial charge is 0.258 e. The molecule has 158 valence electrons. The average Bonchev–Trinajstić information content (AvgIpc) is 2.74. The maximum Gasteiger partial charge on any atom is 0.258 e. The van der Waals surface area contributed by atoms with E-state index in [1.807, 2.05) is 26.0 Å². The van der Waals surface area contributed by atoms with Gasteiger partial charge in [0, 0.05) is 13.1 Å². The first-order chi connectivity index (χ1) is 14.4. The molecule has 0 heterocycles. The minimum absolute atomic E-state index is 0.0745. The summed E-state index contributed by atoms with van der Waals surface area (Å²) in [5, 5.41) is 17.4. The van der Waals surface area contributed by atoms with Gasteiger partial charge in [-0.1, -0.05) is 38.1 Å². The molecule has 0 spiro atoms. The van der Waals surface area contributed by atoms with Crippen LogP contribution in [-0.2, 0) is 9.59 Å². The largest absolute Gasteiger partial charge is 0.484 e. The number of carbonyl (C=O) groups excluding carboxylic acids is 2. The lowest BCUT2D eigenvalue weighted by Gasteiger charge is -2.22. The van der Waals surface area contributed by atoms with Crippen LogP contribution in [0.4, 0.5) is 10.1 Å². The summed E-state index contributed by atoms with van der Waals surface area (Å²) in [6.45, 7) is 3.98. The number of nitrogens with one attached hydrogen (secondary N) is 3. The Hall–Kier alpha value is -3.60. The number of nitrogens with zero attached hydrogens (tertiary/aromatic N) is 1. The van der Waals surface area contributed by atoms with Gasteiger partial charge in [-0.25, -0.2) is 4.39 Å². The van der Waals surface area contributed by atoms with Gasteiger partial charge in [0.15, 0.2) is 6.61 Å². The first kappa shape index (κ1) is 22.7. The second-order valence-electron chi connectivity index (χ2n) is 6.88. The van der Waals surface area contributed by atoms with Gasteiger partial charge < -0.3 is 20.7 Å². The van der Waals surface area contributed by atoms with Gasteiger partial charge in [0.05, 0.1) is 5.69 Å². The van der Waals surface area contributed by atoms with Crippen LogP contribution in [0.3, 0.4) is 0 Å². The summed E-state index contributed by atoms with van der Waals surface area (Å²) < 4.78 is 19.0. The molecule has 2 aromatic carbocycles. The lowest BCUT2D eigenvalue weighted by Crippen LogP contribution is -2.51. The molecule has 2 amide bonds. The van der Waals surface area contributed by atoms with Gasteiger partial charge in [0.25, 0.3) is 5.91 Å². The monoisotopic (exact) mass is 412 g/mol. The summed E-state index contributed by atoms with van der Waals surface area (Å²) >= 11 is 0. The number of nitriles is 1. The topological polar surface area (TPSA) is 103 Å². The van der Waals surface area contributed by atoms with E-state index < -0.39 is 17.8 Å². The van der Waals surface area contributed by atoms with Gasteiger partial charge in [0.2, 0.25) is 5.91 Å². The van der Waals surface area contributed by atoms with E-state index in [0.29, 0.717) is 18.0 Å². The third-order valence-corrected chi connectivity index (χ3v) is 4.24. The molecule has 0 fully saturated rings. The van der Waals surface area contributed by atoms with Crippen LogP contribution in [0.25, 0.3) is 0 Å². The molecule has 0 aromatic heterocycles. The summed E-state index contributed by atoms with van der Waals surface area (Å²) in [5.74, 6) is -0.902. The zero-order valence-corrected chi connectivity index (χ0v) is 16.9. The van der Waals surface area contributed by atoms with Gasteiger partial charge in [0.1, 0.15) is 29.2 Å². The third-order valence-electron chi connectivity index (χ3n) is 4.24. The Morgan fingerprint density at radius 2 is 1.83 bits per heavy atom. The van der Waals surface area contributed by atoms with E-state index in [2.05, 4.69) is 16.0 Å². The Bertz CT molecular complexity index is 897. The summed E-state index contributed by atoms with van der Waals surface area (Å²) in [6, 6.07) is 14.3. The van der Waals surface area contributed by atoms with Crippen LogP contribution in [0.2, 0.25) is 0 Å². The van der Waals surface area contributed by atoms with Crippen molar-refractivity contribution in [2.45, 2.75) is 19.9 Å². The SMILES string of the molecule is CC(C)C(NC(=O)COc1ccccc1)C(=O)NCCNc1cccc(F)c1C#N. The molecule has 0 aliphatic rings. The first-order valence-corrected chi connectivity index (χ1v) is 9.59. The van der Waals surface area contributed by atoms with Crippen LogP contribution in [0.5, 0.6) is 5.75 Å². The molecule has 8 heteroatoms. The second kappa shape index (κ2) is 11.4. The van der Waals surface area contributed by atoms with E-state index >= 15 is 0 Å². The van der Waals surface area contributed by atoms with Crippen molar-refractivity contribution in [2.75, 3.05) is 25.0 Å². The van der Waals surface area contributed by atoms with Gasteiger partial charge in [-0.2, -0.15) is 5.26 Å². The number of halogens is 1. The number of rotatable bonds is 10. The second-order valence-corrected chi connectivity index (χ2v) is 6.88. The number of ether oxygens (including phenoxy) is 1. The Balaban J connectivity index is 1.80. The van der Waals surface area contributed by atoms with Crippen molar-refractivity contribution >= 4 is 17.5 Å². The van der Waals surface area contributed by atoms with Crippen LogP contribution in [-0.4, -0.2) is 37.6 Å². The molecule has 7 nitrogen and oxygen atoms in total. The molecule has 0 saturated carbocycles. The fraction of sp³-hybridized carbons (Fsp3) is 0.318. The van der Waals surface area contributed by atoms with Crippen molar-refractivity contribution < 1.29 is 18.7 Å². The van der Waals surface area contributed by atoms with Gasteiger partial charge in [-0.05, 0) is 30.2 Å². The predicted octanol–water partition coefficient (Wildman–Crippen LogP) is 2.45. The third kappa shape index (κ3) is 6.78. The normalized spacial score (nSPS) is 11.3. The fourth-order valence-electron chi connectivity index (χ4n) is 2.69. The maximum atomic E-state index is 13.6. The number of benzene rings is 2. The van der Waals surface area contributed by atoms with Crippen molar-refractivity contribution in [3.05, 3.63) is 59.9 Å². The number of para-hydroxylation sites is 1. The van der Waals surface area contributed by atoms with E-state index in [9.17, 15) is 14.0 Å². The van der Waals surface area contributed by atoms with Gasteiger partial charge in [-0.3, -0.25) is 9.59 Å². The highest BCUT2D eigenvalue weighted by Crippen LogP contribution is 2.17. The standard InChI is InChI=1S/C22H25FN4O3/c1-15(2)21(27-20(28)14-30-16-7-4-3-5-8-16)22(29)26-12-11-25-19-10-6-9-18(23)17(19)13-24/h3-10,15,21,25H,11-12,14H2,1-2H3,(H,26,29)(H,27,28). The molecule has 0 bridgehead atoms. The number of anilines is 1. The van der Waals surface area contributed by atoms with E-state index in [-0.39, 0.29) is 30.5 Å². The number of carbonyl (C=O) groups is 2. The van der Waals surface area contributed by atoms with Crippen molar-refractivity contribution in [2.24, 2.45) is 5.92 Å². The average molecular weight is 412 g/mol. The molecule has 1 unspecified atom stereocenters. The number of hydrogen-bond donors (Lipinski definition) is 3. The molecular formula is C22H25FN4O3. The zero-order valence-electron chi connectivity index (χ0n) is 16.9.